The van der Waals surface area contributed by atoms with Gasteiger partial charge in [0.1, 0.15) is 19.0 Å². The highest BCUT2D eigenvalue weighted by atomic mass is 16.7. The second kappa shape index (κ2) is 16.8. The summed E-state index contributed by atoms with van der Waals surface area (Å²) in [7, 11) is 0.523. The molecule has 0 amide bonds. The van der Waals surface area contributed by atoms with Crippen molar-refractivity contribution in [3.05, 3.63) is 112 Å². The highest BCUT2D eigenvalue weighted by molar-refractivity contribution is 6.62. The van der Waals surface area contributed by atoms with Crippen LogP contribution in [0.15, 0.2) is 95.2 Å². The summed E-state index contributed by atoms with van der Waals surface area (Å²) in [5.41, 5.74) is 6.53. The standard InChI is InChI=1S/C46H64B2O8/c1-16-50-26-28-52-37-22-19-35(20-23-37)46(32(4)17-18-33(5)51-27-25-49-15)39(30-41(31(2)3)48-55-44(11,12)45(13,14)56-48)34(6)38-24-21-36(29-40(38)46)47-53-42(7,8)43(9,10)54-47/h17-24,29-30H,2,16,25-28H2,1,3-15H3. The first-order valence-corrected chi connectivity index (χ1v) is 20.0. The molecule has 0 saturated carbocycles. The van der Waals surface area contributed by atoms with Crippen molar-refractivity contribution in [1.29, 1.82) is 0 Å². The fraction of sp³-hybridized carbons (Fsp3) is 0.522. The van der Waals surface area contributed by atoms with E-state index in [1.807, 2.05) is 39.0 Å². The van der Waals surface area contributed by atoms with Crippen LogP contribution >= 0.6 is 0 Å². The second-order valence-electron chi connectivity index (χ2n) is 17.2. The minimum absolute atomic E-state index is 0.463. The maximum atomic E-state index is 6.68. The van der Waals surface area contributed by atoms with Gasteiger partial charge in [-0.15, -0.1) is 0 Å². The van der Waals surface area contributed by atoms with Crippen molar-refractivity contribution < 1.29 is 37.6 Å². The molecule has 8 nitrogen and oxygen atoms in total. The summed E-state index contributed by atoms with van der Waals surface area (Å²) in [5.74, 6) is 1.56. The summed E-state index contributed by atoms with van der Waals surface area (Å²) in [6.45, 7) is 34.1. The average Bonchev–Trinajstić information content (AvgIpc) is 3.61. The first-order chi connectivity index (χ1) is 26.2. The summed E-state index contributed by atoms with van der Waals surface area (Å²) < 4.78 is 49.5. The number of fused-ring (bicyclic) bond motifs is 1. The Hall–Kier alpha value is -3.37. The number of hydrogen-bond donors (Lipinski definition) is 0. The van der Waals surface area contributed by atoms with Crippen LogP contribution in [0.3, 0.4) is 0 Å². The molecule has 2 heterocycles. The molecule has 3 aliphatic rings. The van der Waals surface area contributed by atoms with E-state index in [1.165, 1.54) is 0 Å². The molecule has 0 N–H and O–H groups in total. The molecule has 2 saturated heterocycles. The molecule has 0 bridgehead atoms. The van der Waals surface area contributed by atoms with E-state index >= 15 is 0 Å². The van der Waals surface area contributed by atoms with Gasteiger partial charge in [-0.2, -0.15) is 0 Å². The molecule has 0 spiro atoms. The molecule has 2 fully saturated rings. The first-order valence-electron chi connectivity index (χ1n) is 20.0. The molecule has 302 valence electrons. The molecule has 1 atom stereocenters. The van der Waals surface area contributed by atoms with E-state index in [2.05, 4.69) is 118 Å². The van der Waals surface area contributed by atoms with Crippen LogP contribution in [0.25, 0.3) is 5.57 Å². The lowest BCUT2D eigenvalue weighted by atomic mass is 9.63. The van der Waals surface area contributed by atoms with Crippen LogP contribution in [0, 0.1) is 0 Å². The zero-order valence-corrected chi connectivity index (χ0v) is 36.4. The van der Waals surface area contributed by atoms with E-state index < -0.39 is 42.1 Å². The van der Waals surface area contributed by atoms with Gasteiger partial charge in [0.2, 0.25) is 0 Å². The molecule has 0 aromatic heterocycles. The van der Waals surface area contributed by atoms with Gasteiger partial charge in [0.25, 0.3) is 0 Å². The lowest BCUT2D eigenvalue weighted by Gasteiger charge is -2.36. The molecular formula is C46H64B2O8. The minimum Gasteiger partial charge on any atom is -0.496 e. The Morgan fingerprint density at radius 2 is 1.38 bits per heavy atom. The Morgan fingerprint density at radius 3 is 1.95 bits per heavy atom. The van der Waals surface area contributed by atoms with Crippen molar-refractivity contribution in [3.8, 4) is 5.75 Å². The summed E-state index contributed by atoms with van der Waals surface area (Å²) in [6.07, 6.45) is 6.46. The Balaban J connectivity index is 1.78. The van der Waals surface area contributed by atoms with Gasteiger partial charge in [-0.1, -0.05) is 60.2 Å². The number of methoxy groups -OCH3 is 1. The highest BCUT2D eigenvalue weighted by Gasteiger charge is 2.55. The van der Waals surface area contributed by atoms with Gasteiger partial charge in [-0.05, 0) is 147 Å². The fourth-order valence-electron chi connectivity index (χ4n) is 7.46. The van der Waals surface area contributed by atoms with Crippen molar-refractivity contribution in [2.45, 2.75) is 118 Å². The smallest absolute Gasteiger partial charge is 0.495 e. The Kier molecular flexibility index (Phi) is 13.2. The normalized spacial score (nSPS) is 22.9. The third-order valence-electron chi connectivity index (χ3n) is 12.2. The van der Waals surface area contributed by atoms with Gasteiger partial charge >= 0.3 is 14.2 Å². The third-order valence-corrected chi connectivity index (χ3v) is 12.2. The Bertz CT molecular complexity index is 1850. The number of ether oxygens (including phenoxy) is 4. The maximum absolute atomic E-state index is 6.68. The highest BCUT2D eigenvalue weighted by Crippen LogP contribution is 2.56. The Labute approximate surface area is 337 Å². The maximum Gasteiger partial charge on any atom is 0.495 e. The van der Waals surface area contributed by atoms with Crippen LogP contribution in [-0.2, 0) is 38.2 Å². The summed E-state index contributed by atoms with van der Waals surface area (Å²) in [6, 6.07) is 15.1. The van der Waals surface area contributed by atoms with E-state index in [-0.39, 0.29) is 0 Å². The van der Waals surface area contributed by atoms with Crippen molar-refractivity contribution in [1.82, 2.24) is 0 Å². The van der Waals surface area contributed by atoms with E-state index in [1.54, 1.807) is 7.11 Å². The first kappa shape index (κ1) is 43.7. The monoisotopic (exact) mass is 766 g/mol. The van der Waals surface area contributed by atoms with Crippen molar-refractivity contribution in [2.24, 2.45) is 0 Å². The van der Waals surface area contributed by atoms with Crippen LogP contribution in [-0.4, -0.2) is 76.8 Å². The largest absolute Gasteiger partial charge is 0.496 e. The molecular weight excluding hydrogens is 702 g/mol. The van der Waals surface area contributed by atoms with Crippen LogP contribution in [0.2, 0.25) is 0 Å². The molecule has 1 unspecified atom stereocenters. The second-order valence-corrected chi connectivity index (χ2v) is 17.2. The molecule has 2 aromatic rings. The number of rotatable bonds is 16. The molecule has 2 aromatic carbocycles. The minimum atomic E-state index is -0.781. The lowest BCUT2D eigenvalue weighted by molar-refractivity contribution is 0.00578. The summed E-state index contributed by atoms with van der Waals surface area (Å²) in [5, 5.41) is 0. The zero-order valence-electron chi connectivity index (χ0n) is 36.4. The predicted octanol–water partition coefficient (Wildman–Crippen LogP) is 9.12. The third kappa shape index (κ3) is 8.43. The number of allylic oxidation sites excluding steroid dienone is 9. The molecule has 10 heteroatoms. The predicted molar refractivity (Wildman–Crippen MR) is 228 cm³/mol. The van der Waals surface area contributed by atoms with E-state index in [0.29, 0.717) is 33.0 Å². The van der Waals surface area contributed by atoms with Gasteiger partial charge < -0.3 is 37.6 Å². The molecule has 5 rings (SSSR count). The van der Waals surface area contributed by atoms with Crippen molar-refractivity contribution >= 4 is 25.3 Å². The molecule has 1 aliphatic carbocycles. The zero-order chi connectivity index (χ0) is 41.3. The van der Waals surface area contributed by atoms with Crippen molar-refractivity contribution in [2.75, 3.05) is 40.1 Å². The van der Waals surface area contributed by atoms with Crippen LogP contribution < -0.4 is 10.2 Å². The van der Waals surface area contributed by atoms with Crippen LogP contribution in [0.5, 0.6) is 5.75 Å². The quantitative estimate of drug-likeness (QED) is 0.0726. The number of benzene rings is 2. The average molecular weight is 767 g/mol. The molecule has 56 heavy (non-hydrogen) atoms. The summed E-state index contributed by atoms with van der Waals surface area (Å²) in [4.78, 5) is 0. The number of hydrogen-bond acceptors (Lipinski definition) is 8. The SMILES string of the molecule is C=C(C)C(=CC1=C(C)c2ccc(B3OC(C)(C)C(C)(C)O3)cc2C1(C(C)=CC=C(C)OCCOC)c1ccc(OCCOCC)cc1)B1OC(C)(C)C(C)(C)O1. The van der Waals surface area contributed by atoms with Gasteiger partial charge in [-0.25, -0.2) is 0 Å². The van der Waals surface area contributed by atoms with Crippen LogP contribution in [0.4, 0.5) is 0 Å². The summed E-state index contributed by atoms with van der Waals surface area (Å²) >= 11 is 0. The van der Waals surface area contributed by atoms with Gasteiger partial charge in [0.15, 0.2) is 0 Å². The van der Waals surface area contributed by atoms with Gasteiger partial charge in [0, 0.05) is 13.7 Å². The molecule has 0 radical (unpaired) electrons. The van der Waals surface area contributed by atoms with E-state index in [0.717, 1.165) is 61.4 Å². The van der Waals surface area contributed by atoms with Crippen molar-refractivity contribution in [3.63, 3.8) is 0 Å². The van der Waals surface area contributed by atoms with E-state index in [9.17, 15) is 0 Å². The molecule has 2 aliphatic heterocycles. The Morgan fingerprint density at radius 1 is 0.768 bits per heavy atom. The lowest BCUT2D eigenvalue weighted by Crippen LogP contribution is -2.41. The van der Waals surface area contributed by atoms with E-state index in [4.69, 9.17) is 37.6 Å². The van der Waals surface area contributed by atoms with Gasteiger partial charge in [0.05, 0.1) is 46.8 Å². The fourth-order valence-corrected chi connectivity index (χ4v) is 7.46. The topological polar surface area (TPSA) is 73.8 Å². The van der Waals surface area contributed by atoms with Crippen LogP contribution in [0.1, 0.15) is 107 Å². The van der Waals surface area contributed by atoms with Gasteiger partial charge in [-0.3, -0.25) is 0 Å².